The first kappa shape index (κ1) is 24.6. The van der Waals surface area contributed by atoms with Crippen LogP contribution < -0.4 is 5.48 Å². The minimum Gasteiger partial charge on any atom is -0.338 e. The molecular weight excluding hydrogens is 492 g/mol. The highest BCUT2D eigenvalue weighted by molar-refractivity contribution is 7.92. The zero-order valence-electron chi connectivity index (χ0n) is 18.7. The van der Waals surface area contributed by atoms with E-state index in [0.29, 0.717) is 10.4 Å². The number of aryl methyl sites for hydroxylation is 1. The lowest BCUT2D eigenvalue weighted by Gasteiger charge is -2.30. The normalized spacial score (nSPS) is 20.0. The van der Waals surface area contributed by atoms with Crippen LogP contribution in [0.15, 0.2) is 53.2 Å². The molecule has 2 N–H and O–H groups in total. The molecule has 1 aromatic carbocycles. The standard InChI is InChI=1S/C24H26N2O5S3/c1-2-17-3-5-18(6-4-17)20-7-8-21(33-20)24(15-22(27)25-29)10-11-26(12-14-34(24,30)31)23(28)19-9-13-32-16-19/h3-9,13,16,29H,2,10-12,14-15H2,1H3,(H,25,27)/t24-/m0/s1. The lowest BCUT2D eigenvalue weighted by molar-refractivity contribution is -0.129. The third-order valence-electron chi connectivity index (χ3n) is 6.34. The molecule has 0 spiro atoms. The summed E-state index contributed by atoms with van der Waals surface area (Å²) in [7, 11) is -3.85. The van der Waals surface area contributed by atoms with E-state index in [9.17, 15) is 23.2 Å². The summed E-state index contributed by atoms with van der Waals surface area (Å²) in [4.78, 5) is 28.2. The summed E-state index contributed by atoms with van der Waals surface area (Å²) < 4.78 is 25.8. The first-order chi connectivity index (χ1) is 16.3. The first-order valence-corrected chi connectivity index (χ1v) is 14.4. The molecule has 7 nitrogen and oxygen atoms in total. The molecular formula is C24H26N2O5S3. The zero-order valence-corrected chi connectivity index (χ0v) is 21.1. The van der Waals surface area contributed by atoms with Gasteiger partial charge < -0.3 is 4.90 Å². The Morgan fingerprint density at radius 1 is 1.12 bits per heavy atom. The van der Waals surface area contributed by atoms with E-state index in [1.807, 2.05) is 30.3 Å². The second-order valence-corrected chi connectivity index (χ2v) is 12.6. The van der Waals surface area contributed by atoms with Crippen molar-refractivity contribution < 1.29 is 23.2 Å². The van der Waals surface area contributed by atoms with Crippen LogP contribution in [0, 0.1) is 0 Å². The largest absolute Gasteiger partial charge is 0.338 e. The highest BCUT2D eigenvalue weighted by Gasteiger charge is 2.49. The van der Waals surface area contributed by atoms with Crippen LogP contribution in [-0.4, -0.2) is 49.2 Å². The number of sulfone groups is 1. The van der Waals surface area contributed by atoms with E-state index in [0.717, 1.165) is 16.9 Å². The van der Waals surface area contributed by atoms with Gasteiger partial charge in [-0.25, -0.2) is 13.9 Å². The van der Waals surface area contributed by atoms with Gasteiger partial charge in [-0.05, 0) is 47.5 Å². The highest BCUT2D eigenvalue weighted by atomic mass is 32.2. The molecule has 4 rings (SSSR count). The maximum Gasteiger partial charge on any atom is 0.254 e. The lowest BCUT2D eigenvalue weighted by atomic mass is 9.97. The minimum atomic E-state index is -3.85. The van der Waals surface area contributed by atoms with Crippen LogP contribution in [0.2, 0.25) is 0 Å². The van der Waals surface area contributed by atoms with Gasteiger partial charge in [-0.1, -0.05) is 31.2 Å². The summed E-state index contributed by atoms with van der Waals surface area (Å²) in [6, 6.07) is 13.4. The van der Waals surface area contributed by atoms with E-state index in [4.69, 9.17) is 0 Å². The summed E-state index contributed by atoms with van der Waals surface area (Å²) in [5.74, 6) is -1.26. The van der Waals surface area contributed by atoms with Crippen LogP contribution in [0.25, 0.3) is 10.4 Å². The average Bonchev–Trinajstić information content (AvgIpc) is 3.53. The molecule has 0 bridgehead atoms. The summed E-state index contributed by atoms with van der Waals surface area (Å²) in [6.07, 6.45) is 0.572. The second kappa shape index (κ2) is 9.99. The molecule has 0 radical (unpaired) electrons. The number of thiophene rings is 2. The summed E-state index contributed by atoms with van der Waals surface area (Å²) in [6.45, 7) is 2.32. The van der Waals surface area contributed by atoms with Crippen LogP contribution >= 0.6 is 22.7 Å². The topological polar surface area (TPSA) is 104 Å². The Morgan fingerprint density at radius 2 is 1.88 bits per heavy atom. The van der Waals surface area contributed by atoms with Crippen LogP contribution in [-0.2, 0) is 25.8 Å². The summed E-state index contributed by atoms with van der Waals surface area (Å²) in [5.41, 5.74) is 4.29. The van der Waals surface area contributed by atoms with Crippen molar-refractivity contribution in [2.45, 2.75) is 30.9 Å². The molecule has 1 aliphatic rings. The van der Waals surface area contributed by atoms with E-state index < -0.39 is 26.9 Å². The van der Waals surface area contributed by atoms with Crippen molar-refractivity contribution in [3.8, 4) is 10.4 Å². The third kappa shape index (κ3) is 4.68. The van der Waals surface area contributed by atoms with Gasteiger partial charge in [0.15, 0.2) is 9.84 Å². The first-order valence-electron chi connectivity index (χ1n) is 11.0. The fraction of sp³-hybridized carbons (Fsp3) is 0.333. The average molecular weight is 519 g/mol. The van der Waals surface area contributed by atoms with Gasteiger partial charge in [0, 0.05) is 28.2 Å². The number of nitrogens with zero attached hydrogens (tertiary/aromatic N) is 1. The number of rotatable bonds is 6. The lowest BCUT2D eigenvalue weighted by Crippen LogP contribution is -2.41. The second-order valence-electron chi connectivity index (χ2n) is 8.29. The van der Waals surface area contributed by atoms with Gasteiger partial charge in [0.2, 0.25) is 5.91 Å². The number of amides is 2. The monoisotopic (exact) mass is 518 g/mol. The molecule has 0 saturated carbocycles. The van der Waals surface area contributed by atoms with Crippen molar-refractivity contribution >= 4 is 44.3 Å². The molecule has 1 atom stereocenters. The molecule has 3 heterocycles. The molecule has 1 fully saturated rings. The van der Waals surface area contributed by atoms with E-state index in [2.05, 4.69) is 6.92 Å². The van der Waals surface area contributed by atoms with Gasteiger partial charge in [-0.3, -0.25) is 14.8 Å². The molecule has 1 aliphatic heterocycles. The maximum atomic E-state index is 13.7. The van der Waals surface area contributed by atoms with Gasteiger partial charge in [-0.2, -0.15) is 11.3 Å². The number of nitrogens with one attached hydrogen (secondary N) is 1. The van der Waals surface area contributed by atoms with Gasteiger partial charge >= 0.3 is 0 Å². The molecule has 0 aliphatic carbocycles. The molecule has 1 saturated heterocycles. The third-order valence-corrected chi connectivity index (χ3v) is 11.0. The van der Waals surface area contributed by atoms with Crippen LogP contribution in [0.4, 0.5) is 0 Å². The van der Waals surface area contributed by atoms with Crippen LogP contribution in [0.1, 0.15) is 40.6 Å². The molecule has 0 unspecified atom stereocenters. The fourth-order valence-electron chi connectivity index (χ4n) is 4.28. The van der Waals surface area contributed by atoms with E-state index in [-0.39, 0.29) is 31.2 Å². The molecule has 10 heteroatoms. The maximum absolute atomic E-state index is 13.7. The van der Waals surface area contributed by atoms with Gasteiger partial charge in [0.1, 0.15) is 4.75 Å². The van der Waals surface area contributed by atoms with Crippen molar-refractivity contribution in [2.75, 3.05) is 18.8 Å². The van der Waals surface area contributed by atoms with Crippen molar-refractivity contribution in [2.24, 2.45) is 0 Å². The van der Waals surface area contributed by atoms with E-state index in [1.165, 1.54) is 33.1 Å². The summed E-state index contributed by atoms with van der Waals surface area (Å²) >= 11 is 2.74. The Morgan fingerprint density at radius 3 is 2.53 bits per heavy atom. The van der Waals surface area contributed by atoms with Crippen molar-refractivity contribution in [3.63, 3.8) is 0 Å². The quantitative estimate of drug-likeness (QED) is 0.378. The molecule has 34 heavy (non-hydrogen) atoms. The van der Waals surface area contributed by atoms with Gasteiger partial charge in [0.05, 0.1) is 17.7 Å². The summed E-state index contributed by atoms with van der Waals surface area (Å²) in [5, 5.41) is 12.8. The molecule has 3 aromatic rings. The number of hydroxylamine groups is 1. The smallest absolute Gasteiger partial charge is 0.254 e. The Labute approximate surface area is 206 Å². The predicted molar refractivity (Wildman–Crippen MR) is 134 cm³/mol. The number of carbonyl (C=O) groups is 2. The van der Waals surface area contributed by atoms with Crippen LogP contribution in [0.3, 0.4) is 0 Å². The molecule has 180 valence electrons. The van der Waals surface area contributed by atoms with Gasteiger partial charge in [0.25, 0.3) is 5.91 Å². The van der Waals surface area contributed by atoms with E-state index >= 15 is 0 Å². The van der Waals surface area contributed by atoms with Crippen LogP contribution in [0.5, 0.6) is 0 Å². The number of hydrogen-bond acceptors (Lipinski definition) is 7. The van der Waals surface area contributed by atoms with Crippen molar-refractivity contribution in [1.82, 2.24) is 10.4 Å². The Kier molecular flexibility index (Phi) is 7.22. The number of carbonyl (C=O) groups excluding carboxylic acids is 2. The SMILES string of the molecule is CCc1ccc(-c2ccc([C@@]3(CC(=O)NO)CCN(C(=O)c4ccsc4)CCS3(=O)=O)s2)cc1. The minimum absolute atomic E-state index is 0.0518. The Bertz CT molecular complexity index is 1270. The predicted octanol–water partition coefficient (Wildman–Crippen LogP) is 4.09. The molecule has 2 amide bonds. The fourth-order valence-corrected chi connectivity index (χ4v) is 8.52. The molecule has 2 aromatic heterocycles. The zero-order chi connectivity index (χ0) is 24.3. The number of benzene rings is 1. The number of hydrogen-bond donors (Lipinski definition) is 2. The van der Waals surface area contributed by atoms with E-state index in [1.54, 1.807) is 28.4 Å². The van der Waals surface area contributed by atoms with Crippen molar-refractivity contribution in [3.05, 3.63) is 69.2 Å². The Balaban J connectivity index is 1.72. The van der Waals surface area contributed by atoms with Crippen molar-refractivity contribution in [1.29, 1.82) is 0 Å². The Hall–Kier alpha value is -2.53. The highest BCUT2D eigenvalue weighted by Crippen LogP contribution is 2.45. The van der Waals surface area contributed by atoms with Gasteiger partial charge in [-0.15, -0.1) is 11.3 Å².